The first-order chi connectivity index (χ1) is 13.3. The maximum atomic E-state index is 13.0. The van der Waals surface area contributed by atoms with Gasteiger partial charge in [-0.2, -0.15) is 13.2 Å². The molecule has 0 spiro atoms. The van der Waals surface area contributed by atoms with Crippen LogP contribution in [0.3, 0.4) is 0 Å². The van der Waals surface area contributed by atoms with Crippen LogP contribution in [0.2, 0.25) is 0 Å². The summed E-state index contributed by atoms with van der Waals surface area (Å²) in [7, 11) is 0. The van der Waals surface area contributed by atoms with E-state index in [4.69, 9.17) is 0 Å². The Hall–Kier alpha value is -2.94. The number of nitrogens with zero attached hydrogens (tertiary/aromatic N) is 2. The summed E-state index contributed by atoms with van der Waals surface area (Å²) < 4.78 is 39.1. The summed E-state index contributed by atoms with van der Waals surface area (Å²) in [6.45, 7) is 2.06. The molecular weight excluding hydrogens is 373 g/mol. The fourth-order valence-electron chi connectivity index (χ4n) is 3.14. The van der Waals surface area contributed by atoms with Crippen LogP contribution in [-0.2, 0) is 11.0 Å². The van der Waals surface area contributed by atoms with Gasteiger partial charge in [0, 0.05) is 12.4 Å². The fraction of sp³-hybridized carbons (Fsp3) is 0.316. The van der Waals surface area contributed by atoms with Gasteiger partial charge in [0.2, 0.25) is 0 Å². The lowest BCUT2D eigenvalue weighted by Crippen LogP contribution is -3.15. The SMILES string of the molecule is O=C(C[NH+]1CCN(C(=O)c2cccnc2)CC1)Nc1ccccc1C(F)(F)F. The van der Waals surface area contributed by atoms with Crippen molar-refractivity contribution in [2.75, 3.05) is 38.0 Å². The summed E-state index contributed by atoms with van der Waals surface area (Å²) >= 11 is 0. The largest absolute Gasteiger partial charge is 0.418 e. The summed E-state index contributed by atoms with van der Waals surface area (Å²) in [5, 5.41) is 2.36. The van der Waals surface area contributed by atoms with Crippen LogP contribution in [0, 0.1) is 0 Å². The number of hydrogen-bond donors (Lipinski definition) is 2. The number of amides is 2. The van der Waals surface area contributed by atoms with Crippen molar-refractivity contribution in [1.29, 1.82) is 0 Å². The number of hydrogen-bond acceptors (Lipinski definition) is 3. The first kappa shape index (κ1) is 19.8. The zero-order chi connectivity index (χ0) is 20.1. The Balaban J connectivity index is 1.53. The quantitative estimate of drug-likeness (QED) is 0.817. The minimum absolute atomic E-state index is 0.0428. The van der Waals surface area contributed by atoms with Crippen LogP contribution in [0.15, 0.2) is 48.8 Å². The topological polar surface area (TPSA) is 66.7 Å². The van der Waals surface area contributed by atoms with Crippen LogP contribution >= 0.6 is 0 Å². The molecule has 9 heteroatoms. The van der Waals surface area contributed by atoms with Crippen LogP contribution in [0.5, 0.6) is 0 Å². The molecule has 1 aliphatic rings. The third-order valence-electron chi connectivity index (χ3n) is 4.58. The minimum atomic E-state index is -4.53. The van der Waals surface area contributed by atoms with E-state index in [1.165, 1.54) is 24.4 Å². The molecule has 1 aromatic carbocycles. The molecule has 0 saturated carbocycles. The van der Waals surface area contributed by atoms with Gasteiger partial charge in [-0.15, -0.1) is 0 Å². The van der Waals surface area contributed by atoms with Crippen LogP contribution in [0.4, 0.5) is 18.9 Å². The number of rotatable bonds is 4. The van der Waals surface area contributed by atoms with Crippen molar-refractivity contribution in [3.63, 3.8) is 0 Å². The monoisotopic (exact) mass is 393 g/mol. The van der Waals surface area contributed by atoms with Gasteiger partial charge in [-0.1, -0.05) is 12.1 Å². The van der Waals surface area contributed by atoms with E-state index in [1.807, 2.05) is 0 Å². The second-order valence-corrected chi connectivity index (χ2v) is 6.55. The number of para-hydroxylation sites is 1. The summed E-state index contributed by atoms with van der Waals surface area (Å²) in [5.41, 5.74) is -0.609. The van der Waals surface area contributed by atoms with Gasteiger partial charge in [-0.05, 0) is 24.3 Å². The molecule has 148 valence electrons. The zero-order valence-corrected chi connectivity index (χ0v) is 15.0. The smallest absolute Gasteiger partial charge is 0.327 e. The van der Waals surface area contributed by atoms with Crippen LogP contribution in [-0.4, -0.2) is 54.4 Å². The average Bonchev–Trinajstić information content (AvgIpc) is 2.68. The molecule has 1 saturated heterocycles. The van der Waals surface area contributed by atoms with Gasteiger partial charge < -0.3 is 15.1 Å². The maximum Gasteiger partial charge on any atom is 0.418 e. The highest BCUT2D eigenvalue weighted by Gasteiger charge is 2.34. The second-order valence-electron chi connectivity index (χ2n) is 6.55. The number of carbonyl (C=O) groups is 2. The molecular formula is C19H20F3N4O2+. The standard InChI is InChI=1S/C19H19F3N4O2/c20-19(21,22)15-5-1-2-6-16(15)24-17(27)13-25-8-10-26(11-9-25)18(28)14-4-3-7-23-12-14/h1-7,12H,8-11,13H2,(H,24,27)/p+1. The fourth-order valence-corrected chi connectivity index (χ4v) is 3.14. The minimum Gasteiger partial charge on any atom is -0.327 e. The molecule has 0 aliphatic carbocycles. The van der Waals surface area contributed by atoms with Gasteiger partial charge in [0.25, 0.3) is 11.8 Å². The third-order valence-corrected chi connectivity index (χ3v) is 4.58. The number of alkyl halides is 3. The molecule has 0 bridgehead atoms. The van der Waals surface area contributed by atoms with Crippen molar-refractivity contribution in [1.82, 2.24) is 9.88 Å². The lowest BCUT2D eigenvalue weighted by molar-refractivity contribution is -0.895. The van der Waals surface area contributed by atoms with E-state index in [1.54, 1.807) is 23.2 Å². The summed E-state index contributed by atoms with van der Waals surface area (Å²) in [4.78, 5) is 31.1. The van der Waals surface area contributed by atoms with Gasteiger partial charge in [0.15, 0.2) is 6.54 Å². The highest BCUT2D eigenvalue weighted by Crippen LogP contribution is 2.34. The third kappa shape index (κ3) is 4.86. The second kappa shape index (κ2) is 8.39. The Morgan fingerprint density at radius 1 is 1.11 bits per heavy atom. The van der Waals surface area contributed by atoms with E-state index >= 15 is 0 Å². The molecule has 1 aromatic heterocycles. The van der Waals surface area contributed by atoms with E-state index < -0.39 is 17.6 Å². The van der Waals surface area contributed by atoms with Crippen LogP contribution in [0.1, 0.15) is 15.9 Å². The molecule has 2 heterocycles. The van der Waals surface area contributed by atoms with Gasteiger partial charge in [-0.25, -0.2) is 0 Å². The average molecular weight is 393 g/mol. The van der Waals surface area contributed by atoms with E-state index in [2.05, 4.69) is 10.3 Å². The maximum absolute atomic E-state index is 13.0. The normalized spacial score (nSPS) is 15.3. The molecule has 2 aromatic rings. The molecule has 0 atom stereocenters. The molecule has 2 amide bonds. The van der Waals surface area contributed by atoms with Crippen molar-refractivity contribution >= 4 is 17.5 Å². The molecule has 0 radical (unpaired) electrons. The van der Waals surface area contributed by atoms with E-state index in [0.29, 0.717) is 31.7 Å². The first-order valence-electron chi connectivity index (χ1n) is 8.83. The predicted molar refractivity (Wildman–Crippen MR) is 95.8 cm³/mol. The van der Waals surface area contributed by atoms with Crippen molar-refractivity contribution < 1.29 is 27.7 Å². The number of nitrogens with one attached hydrogen (secondary N) is 2. The first-order valence-corrected chi connectivity index (χ1v) is 8.83. The number of halogens is 3. The lowest BCUT2D eigenvalue weighted by atomic mass is 10.1. The van der Waals surface area contributed by atoms with Gasteiger partial charge >= 0.3 is 6.18 Å². The Morgan fingerprint density at radius 3 is 2.46 bits per heavy atom. The van der Waals surface area contributed by atoms with Gasteiger partial charge in [-0.3, -0.25) is 14.6 Å². The number of carbonyl (C=O) groups excluding carboxylic acids is 2. The number of aromatic nitrogens is 1. The lowest BCUT2D eigenvalue weighted by Gasteiger charge is -2.31. The number of pyridine rings is 1. The number of piperazine rings is 1. The van der Waals surface area contributed by atoms with Crippen LogP contribution in [0.25, 0.3) is 0 Å². The zero-order valence-electron chi connectivity index (χ0n) is 15.0. The molecule has 28 heavy (non-hydrogen) atoms. The Bertz CT molecular complexity index is 835. The van der Waals surface area contributed by atoms with E-state index in [-0.39, 0.29) is 18.1 Å². The molecule has 3 rings (SSSR count). The molecule has 6 nitrogen and oxygen atoms in total. The Morgan fingerprint density at radius 2 is 1.82 bits per heavy atom. The molecule has 0 unspecified atom stereocenters. The molecule has 1 aliphatic heterocycles. The predicted octanol–water partition coefficient (Wildman–Crippen LogP) is 1.08. The van der Waals surface area contributed by atoms with Crippen molar-refractivity contribution in [2.45, 2.75) is 6.18 Å². The van der Waals surface area contributed by atoms with Crippen LogP contribution < -0.4 is 10.2 Å². The van der Waals surface area contributed by atoms with Crippen molar-refractivity contribution in [3.05, 3.63) is 59.9 Å². The van der Waals surface area contributed by atoms with E-state index in [0.717, 1.165) is 11.0 Å². The molecule has 2 N–H and O–H groups in total. The van der Waals surface area contributed by atoms with Gasteiger partial charge in [0.1, 0.15) is 0 Å². The number of quaternary nitrogens is 1. The number of benzene rings is 1. The summed E-state index contributed by atoms with van der Waals surface area (Å²) in [5.74, 6) is -0.602. The van der Waals surface area contributed by atoms with Crippen molar-refractivity contribution in [2.24, 2.45) is 0 Å². The Kier molecular flexibility index (Phi) is 5.93. The highest BCUT2D eigenvalue weighted by atomic mass is 19.4. The van der Waals surface area contributed by atoms with Gasteiger partial charge in [0.05, 0.1) is 43.0 Å². The summed E-state index contributed by atoms with van der Waals surface area (Å²) in [6.07, 6.45) is -1.43. The molecule has 1 fully saturated rings. The summed E-state index contributed by atoms with van der Waals surface area (Å²) in [6, 6.07) is 8.28. The van der Waals surface area contributed by atoms with E-state index in [9.17, 15) is 22.8 Å². The Labute approximate surface area is 160 Å². The number of anilines is 1. The van der Waals surface area contributed by atoms with Crippen molar-refractivity contribution in [3.8, 4) is 0 Å². The highest BCUT2D eigenvalue weighted by molar-refractivity contribution is 5.94.